The van der Waals surface area contributed by atoms with Crippen LogP contribution in [-0.4, -0.2) is 46.0 Å². The van der Waals surface area contributed by atoms with Crippen LogP contribution in [-0.2, 0) is 14.3 Å². The average Bonchev–Trinajstić information content (AvgIpc) is 2.90. The molecule has 2 N–H and O–H groups in total. The van der Waals surface area contributed by atoms with E-state index in [2.05, 4.69) is 6.58 Å². The van der Waals surface area contributed by atoms with Crippen LogP contribution >= 0.6 is 0 Å². The second-order valence-corrected chi connectivity index (χ2v) is 7.58. The van der Waals surface area contributed by atoms with E-state index in [1.54, 1.807) is 0 Å². The summed E-state index contributed by atoms with van der Waals surface area (Å²) in [6.45, 7) is 7.94. The topological polar surface area (TPSA) is 76.0 Å². The van der Waals surface area contributed by atoms with Gasteiger partial charge in [-0.1, -0.05) is 12.2 Å². The van der Waals surface area contributed by atoms with Crippen molar-refractivity contribution in [3.63, 3.8) is 0 Å². The first-order valence-corrected chi connectivity index (χ1v) is 7.89. The van der Waals surface area contributed by atoms with Crippen LogP contribution in [0.3, 0.4) is 0 Å². The van der Waals surface area contributed by atoms with Crippen molar-refractivity contribution in [1.29, 1.82) is 0 Å². The standard InChI is InChI=1S/C17H22O5/c1-8(2)13-10-4-9-14(22-16(10,3)5-11(13)18)12-6-17(20,7-21-12)15(9)19/h10-13,18,20H,1,4-7H2,2-3H3/t10-,11+,12-,13-,16+,17+/m0/s1. The first-order valence-electron chi connectivity index (χ1n) is 7.89. The Kier molecular flexibility index (Phi) is 2.77. The summed E-state index contributed by atoms with van der Waals surface area (Å²) in [6.07, 6.45) is 0.470. The third kappa shape index (κ3) is 1.67. The fraction of sp³-hybridized carbons (Fsp3) is 0.706. The number of carbonyl (C=O) groups excluding carboxylic acids is 1. The molecule has 0 aromatic heterocycles. The van der Waals surface area contributed by atoms with Crippen molar-refractivity contribution in [3.8, 4) is 0 Å². The van der Waals surface area contributed by atoms with Crippen LogP contribution in [0, 0.1) is 11.8 Å². The first kappa shape index (κ1) is 14.4. The SMILES string of the molecule is C=C(C)[C@@H]1[C@H](O)C[C@@]2(C)OC3=C(C[C@@H]12)C(=O)[C@]1(O)CO[C@H]3C1. The van der Waals surface area contributed by atoms with Crippen molar-refractivity contribution in [1.82, 2.24) is 0 Å². The van der Waals surface area contributed by atoms with Gasteiger partial charge in [-0.2, -0.15) is 0 Å². The van der Waals surface area contributed by atoms with E-state index < -0.39 is 17.3 Å². The molecular weight excluding hydrogens is 284 g/mol. The van der Waals surface area contributed by atoms with Crippen molar-refractivity contribution >= 4 is 5.78 Å². The number of hydrogen-bond acceptors (Lipinski definition) is 5. The maximum absolute atomic E-state index is 12.6. The van der Waals surface area contributed by atoms with Gasteiger partial charge in [-0.05, 0) is 20.3 Å². The minimum absolute atomic E-state index is 0.00352. The van der Waals surface area contributed by atoms with E-state index in [4.69, 9.17) is 9.47 Å². The molecule has 0 unspecified atom stereocenters. The van der Waals surface area contributed by atoms with Crippen molar-refractivity contribution in [2.45, 2.75) is 56.5 Å². The Balaban J connectivity index is 1.76. The van der Waals surface area contributed by atoms with Crippen LogP contribution in [0.4, 0.5) is 0 Å². The molecule has 0 aromatic rings. The molecule has 2 fully saturated rings. The Hall–Kier alpha value is -1.17. The quantitative estimate of drug-likeness (QED) is 0.709. The van der Waals surface area contributed by atoms with Gasteiger partial charge in [0, 0.05) is 30.3 Å². The Morgan fingerprint density at radius 3 is 2.82 bits per heavy atom. The normalized spacial score (nSPS) is 49.7. The molecule has 120 valence electrons. The molecule has 0 amide bonds. The zero-order chi connectivity index (χ0) is 15.9. The summed E-state index contributed by atoms with van der Waals surface area (Å²) in [5.41, 5.74) is -0.436. The van der Waals surface area contributed by atoms with Crippen LogP contribution in [0.5, 0.6) is 0 Å². The lowest BCUT2D eigenvalue weighted by atomic mass is 9.72. The Bertz CT molecular complexity index is 608. The molecule has 6 atom stereocenters. The monoisotopic (exact) mass is 306 g/mol. The highest BCUT2D eigenvalue weighted by molar-refractivity contribution is 6.04. The van der Waals surface area contributed by atoms with E-state index in [1.807, 2.05) is 13.8 Å². The molecule has 2 aliphatic heterocycles. The van der Waals surface area contributed by atoms with Crippen molar-refractivity contribution in [2.75, 3.05) is 6.61 Å². The van der Waals surface area contributed by atoms with Gasteiger partial charge in [0.05, 0.1) is 12.7 Å². The number of ketones is 1. The summed E-state index contributed by atoms with van der Waals surface area (Å²) in [7, 11) is 0. The summed E-state index contributed by atoms with van der Waals surface area (Å²) in [5.74, 6) is 0.242. The minimum Gasteiger partial charge on any atom is -0.488 e. The Morgan fingerprint density at radius 1 is 1.41 bits per heavy atom. The lowest BCUT2D eigenvalue weighted by Crippen LogP contribution is -2.49. The highest BCUT2D eigenvalue weighted by Gasteiger charge is 2.61. The van der Waals surface area contributed by atoms with Crippen molar-refractivity contribution in [3.05, 3.63) is 23.5 Å². The summed E-state index contributed by atoms with van der Waals surface area (Å²) in [6, 6.07) is 0. The van der Waals surface area contributed by atoms with E-state index >= 15 is 0 Å². The summed E-state index contributed by atoms with van der Waals surface area (Å²) in [5, 5.41) is 20.8. The number of rotatable bonds is 1. The molecule has 4 aliphatic rings. The molecule has 5 heteroatoms. The number of hydrogen-bond donors (Lipinski definition) is 2. The van der Waals surface area contributed by atoms with Gasteiger partial charge in [0.15, 0.2) is 11.4 Å². The maximum Gasteiger partial charge on any atom is 0.196 e. The van der Waals surface area contributed by atoms with Gasteiger partial charge in [-0.3, -0.25) is 4.79 Å². The molecule has 5 nitrogen and oxygen atoms in total. The fourth-order valence-corrected chi connectivity index (χ4v) is 4.84. The number of fused-ring (bicyclic) bond motifs is 4. The molecule has 4 rings (SSSR count). The third-order valence-electron chi connectivity index (χ3n) is 5.92. The lowest BCUT2D eigenvalue weighted by molar-refractivity contribution is -0.136. The number of aliphatic hydroxyl groups excluding tert-OH is 1. The zero-order valence-corrected chi connectivity index (χ0v) is 13.0. The highest BCUT2D eigenvalue weighted by atomic mass is 16.6. The molecule has 0 spiro atoms. The van der Waals surface area contributed by atoms with E-state index in [9.17, 15) is 15.0 Å². The lowest BCUT2D eigenvalue weighted by Gasteiger charge is -2.43. The molecule has 1 saturated carbocycles. The molecule has 1 saturated heterocycles. The largest absolute Gasteiger partial charge is 0.488 e. The van der Waals surface area contributed by atoms with Gasteiger partial charge in [0.25, 0.3) is 0 Å². The highest BCUT2D eigenvalue weighted by Crippen LogP contribution is 2.55. The molecule has 2 aliphatic carbocycles. The summed E-state index contributed by atoms with van der Waals surface area (Å²) >= 11 is 0. The number of Topliss-reactive ketones (excluding diaryl/α,β-unsaturated/α-hetero) is 1. The Morgan fingerprint density at radius 2 is 2.14 bits per heavy atom. The predicted octanol–water partition coefficient (Wildman–Crippen LogP) is 1.10. The number of carbonyl (C=O) groups is 1. The molecule has 2 heterocycles. The van der Waals surface area contributed by atoms with Crippen LogP contribution in [0.1, 0.15) is 33.1 Å². The maximum atomic E-state index is 12.6. The first-order chi connectivity index (χ1) is 10.3. The van der Waals surface area contributed by atoms with Gasteiger partial charge < -0.3 is 19.7 Å². The summed E-state index contributed by atoms with van der Waals surface area (Å²) in [4.78, 5) is 12.6. The van der Waals surface area contributed by atoms with E-state index in [-0.39, 0.29) is 36.8 Å². The number of ether oxygens (including phenoxy) is 2. The Labute approximate surface area is 129 Å². The second-order valence-electron chi connectivity index (χ2n) is 7.58. The molecule has 2 bridgehead atoms. The van der Waals surface area contributed by atoms with Gasteiger partial charge in [-0.15, -0.1) is 0 Å². The van der Waals surface area contributed by atoms with Gasteiger partial charge >= 0.3 is 0 Å². The van der Waals surface area contributed by atoms with Crippen LogP contribution < -0.4 is 0 Å². The van der Waals surface area contributed by atoms with E-state index in [0.717, 1.165) is 5.57 Å². The van der Waals surface area contributed by atoms with Crippen LogP contribution in [0.2, 0.25) is 0 Å². The van der Waals surface area contributed by atoms with Gasteiger partial charge in [0.1, 0.15) is 17.5 Å². The zero-order valence-electron chi connectivity index (χ0n) is 13.0. The average molecular weight is 306 g/mol. The molecular formula is C17H22O5. The van der Waals surface area contributed by atoms with Crippen molar-refractivity contribution < 1.29 is 24.5 Å². The molecule has 22 heavy (non-hydrogen) atoms. The third-order valence-corrected chi connectivity index (χ3v) is 5.92. The smallest absolute Gasteiger partial charge is 0.196 e. The van der Waals surface area contributed by atoms with Crippen LogP contribution in [0.15, 0.2) is 23.5 Å². The van der Waals surface area contributed by atoms with E-state index in [1.165, 1.54) is 0 Å². The van der Waals surface area contributed by atoms with E-state index in [0.29, 0.717) is 24.2 Å². The van der Waals surface area contributed by atoms with Crippen LogP contribution in [0.25, 0.3) is 0 Å². The number of aliphatic hydroxyl groups is 2. The summed E-state index contributed by atoms with van der Waals surface area (Å²) < 4.78 is 11.8. The van der Waals surface area contributed by atoms with Gasteiger partial charge in [-0.25, -0.2) is 0 Å². The predicted molar refractivity (Wildman–Crippen MR) is 77.9 cm³/mol. The second kappa shape index (κ2) is 4.22. The minimum atomic E-state index is -1.39. The fourth-order valence-electron chi connectivity index (χ4n) is 4.84. The van der Waals surface area contributed by atoms with Gasteiger partial charge in [0.2, 0.25) is 0 Å². The van der Waals surface area contributed by atoms with Crippen molar-refractivity contribution in [2.24, 2.45) is 11.8 Å². The molecule has 0 aromatic carbocycles. The molecule has 0 radical (unpaired) electrons.